The van der Waals surface area contributed by atoms with E-state index in [0.717, 1.165) is 43.1 Å². The molecule has 3 rings (SSSR count). The first kappa shape index (κ1) is 16.7. The predicted octanol–water partition coefficient (Wildman–Crippen LogP) is 3.05. The van der Waals surface area contributed by atoms with Gasteiger partial charge in [-0.15, -0.1) is 0 Å². The van der Waals surface area contributed by atoms with Crippen LogP contribution in [0.4, 0.5) is 5.69 Å². The molecular formula is C18H26ClN3O. The minimum atomic E-state index is 0.0414. The van der Waals surface area contributed by atoms with Crippen molar-refractivity contribution in [3.63, 3.8) is 0 Å². The molecule has 0 bridgehead atoms. The Kier molecular flexibility index (Phi) is 5.57. The number of halogens is 1. The summed E-state index contributed by atoms with van der Waals surface area (Å²) in [7, 11) is 0. The van der Waals surface area contributed by atoms with E-state index < -0.39 is 0 Å². The number of hydrogen-bond donors (Lipinski definition) is 2. The maximum atomic E-state index is 12.2. The maximum Gasteiger partial charge on any atom is 0.238 e. The van der Waals surface area contributed by atoms with Gasteiger partial charge in [0.1, 0.15) is 0 Å². The second kappa shape index (κ2) is 7.65. The van der Waals surface area contributed by atoms with Gasteiger partial charge in [0, 0.05) is 29.8 Å². The van der Waals surface area contributed by atoms with E-state index in [0.29, 0.717) is 17.6 Å². The number of likely N-dealkylation sites (tertiary alicyclic amines) is 1. The van der Waals surface area contributed by atoms with Gasteiger partial charge in [0.25, 0.3) is 0 Å². The fourth-order valence-corrected chi connectivity index (χ4v) is 3.26. The summed E-state index contributed by atoms with van der Waals surface area (Å²) in [5, 5.41) is 7.33. The van der Waals surface area contributed by atoms with Gasteiger partial charge in [0.15, 0.2) is 0 Å². The highest BCUT2D eigenvalue weighted by molar-refractivity contribution is 6.31. The standard InChI is InChI=1S/C18H26ClN3O/c1-13-16(19)3-2-4-17(13)21-18(23)12-22-9-7-15(8-10-22)20-11-14-5-6-14/h2-4,14-15,20H,5-12H2,1H3,(H,21,23). The SMILES string of the molecule is Cc1c(Cl)cccc1NC(=O)CN1CCC(NCC2CC2)CC1. The minimum Gasteiger partial charge on any atom is -0.325 e. The molecule has 1 aromatic rings. The number of nitrogens with zero attached hydrogens (tertiary/aromatic N) is 1. The molecule has 0 radical (unpaired) electrons. The zero-order valence-corrected chi connectivity index (χ0v) is 14.5. The summed E-state index contributed by atoms with van der Waals surface area (Å²) in [6.45, 7) is 5.55. The van der Waals surface area contributed by atoms with Crippen molar-refractivity contribution in [1.29, 1.82) is 0 Å². The zero-order valence-electron chi connectivity index (χ0n) is 13.8. The molecule has 0 unspecified atom stereocenters. The first-order valence-corrected chi connectivity index (χ1v) is 9.00. The number of rotatable bonds is 6. The van der Waals surface area contributed by atoms with Gasteiger partial charge < -0.3 is 10.6 Å². The minimum absolute atomic E-state index is 0.0414. The summed E-state index contributed by atoms with van der Waals surface area (Å²) in [6.07, 6.45) is 5.07. The molecule has 2 fully saturated rings. The van der Waals surface area contributed by atoms with Crippen LogP contribution in [0.5, 0.6) is 0 Å². The molecule has 1 aliphatic heterocycles. The first-order chi connectivity index (χ1) is 11.1. The summed E-state index contributed by atoms with van der Waals surface area (Å²) < 4.78 is 0. The molecular weight excluding hydrogens is 310 g/mol. The Morgan fingerprint density at radius 2 is 2.00 bits per heavy atom. The molecule has 2 N–H and O–H groups in total. The maximum absolute atomic E-state index is 12.2. The number of carbonyl (C=O) groups is 1. The van der Waals surface area contributed by atoms with E-state index in [1.54, 1.807) is 0 Å². The molecule has 0 spiro atoms. The number of nitrogens with one attached hydrogen (secondary N) is 2. The normalized spacial score (nSPS) is 19.7. The smallest absolute Gasteiger partial charge is 0.238 e. The lowest BCUT2D eigenvalue weighted by Gasteiger charge is -2.32. The van der Waals surface area contributed by atoms with Gasteiger partial charge in [-0.25, -0.2) is 0 Å². The average molecular weight is 336 g/mol. The summed E-state index contributed by atoms with van der Waals surface area (Å²) in [6, 6.07) is 6.23. The van der Waals surface area contributed by atoms with Crippen molar-refractivity contribution < 1.29 is 4.79 Å². The molecule has 23 heavy (non-hydrogen) atoms. The molecule has 1 saturated heterocycles. The van der Waals surface area contributed by atoms with Crippen molar-refractivity contribution in [1.82, 2.24) is 10.2 Å². The average Bonchev–Trinajstić information content (AvgIpc) is 3.35. The van der Waals surface area contributed by atoms with Gasteiger partial charge in [-0.3, -0.25) is 9.69 Å². The van der Waals surface area contributed by atoms with Crippen molar-refractivity contribution in [2.24, 2.45) is 5.92 Å². The van der Waals surface area contributed by atoms with Crippen LogP contribution in [0.2, 0.25) is 5.02 Å². The van der Waals surface area contributed by atoms with E-state index in [1.165, 1.54) is 19.4 Å². The molecule has 1 amide bonds. The highest BCUT2D eigenvalue weighted by Crippen LogP contribution is 2.28. The molecule has 0 atom stereocenters. The van der Waals surface area contributed by atoms with Crippen molar-refractivity contribution in [3.05, 3.63) is 28.8 Å². The number of anilines is 1. The Hall–Kier alpha value is -1.10. The summed E-state index contributed by atoms with van der Waals surface area (Å²) in [5.74, 6) is 0.972. The Morgan fingerprint density at radius 3 is 2.70 bits per heavy atom. The van der Waals surface area contributed by atoms with Crippen molar-refractivity contribution in [3.8, 4) is 0 Å². The highest BCUT2D eigenvalue weighted by atomic mass is 35.5. The zero-order chi connectivity index (χ0) is 16.2. The lowest BCUT2D eigenvalue weighted by Crippen LogP contribution is -2.45. The Balaban J connectivity index is 1.41. The van der Waals surface area contributed by atoms with E-state index in [4.69, 9.17) is 11.6 Å². The Bertz CT molecular complexity index is 551. The number of carbonyl (C=O) groups excluding carboxylic acids is 1. The van der Waals surface area contributed by atoms with Crippen molar-refractivity contribution in [2.75, 3.05) is 31.5 Å². The van der Waals surface area contributed by atoms with Gasteiger partial charge in [-0.1, -0.05) is 17.7 Å². The van der Waals surface area contributed by atoms with Gasteiger partial charge in [0.2, 0.25) is 5.91 Å². The molecule has 0 aromatic heterocycles. The van der Waals surface area contributed by atoms with E-state index in [1.807, 2.05) is 25.1 Å². The predicted molar refractivity (Wildman–Crippen MR) is 95.0 cm³/mol. The summed E-state index contributed by atoms with van der Waals surface area (Å²) >= 11 is 6.09. The molecule has 1 saturated carbocycles. The van der Waals surface area contributed by atoms with Crippen LogP contribution in [0.25, 0.3) is 0 Å². The number of benzene rings is 1. The van der Waals surface area contributed by atoms with Crippen LogP contribution in [-0.2, 0) is 4.79 Å². The molecule has 4 nitrogen and oxygen atoms in total. The van der Waals surface area contributed by atoms with Gasteiger partial charge >= 0.3 is 0 Å². The molecule has 1 heterocycles. The second-order valence-corrected chi connectivity index (χ2v) is 7.27. The molecule has 1 aliphatic carbocycles. The fourth-order valence-electron chi connectivity index (χ4n) is 3.09. The van der Waals surface area contributed by atoms with Crippen LogP contribution >= 0.6 is 11.6 Å². The summed E-state index contributed by atoms with van der Waals surface area (Å²) in [4.78, 5) is 14.5. The van der Waals surface area contributed by atoms with Crippen molar-refractivity contribution >= 4 is 23.2 Å². The lowest BCUT2D eigenvalue weighted by molar-refractivity contribution is -0.117. The lowest BCUT2D eigenvalue weighted by atomic mass is 10.0. The quantitative estimate of drug-likeness (QED) is 0.839. The highest BCUT2D eigenvalue weighted by Gasteiger charge is 2.25. The molecule has 126 valence electrons. The Morgan fingerprint density at radius 1 is 1.26 bits per heavy atom. The van der Waals surface area contributed by atoms with Crippen LogP contribution in [0.3, 0.4) is 0 Å². The summed E-state index contributed by atoms with van der Waals surface area (Å²) in [5.41, 5.74) is 1.73. The first-order valence-electron chi connectivity index (χ1n) is 8.62. The van der Waals surface area contributed by atoms with Crippen LogP contribution < -0.4 is 10.6 Å². The van der Waals surface area contributed by atoms with E-state index in [-0.39, 0.29) is 5.91 Å². The van der Waals surface area contributed by atoms with Crippen LogP contribution in [-0.4, -0.2) is 43.0 Å². The molecule has 1 aromatic carbocycles. The fraction of sp³-hybridized carbons (Fsp3) is 0.611. The number of hydrogen-bond acceptors (Lipinski definition) is 3. The van der Waals surface area contributed by atoms with E-state index in [9.17, 15) is 4.79 Å². The topological polar surface area (TPSA) is 44.4 Å². The second-order valence-electron chi connectivity index (χ2n) is 6.86. The van der Waals surface area contributed by atoms with Gasteiger partial charge in [-0.2, -0.15) is 0 Å². The van der Waals surface area contributed by atoms with Crippen LogP contribution in [0.1, 0.15) is 31.2 Å². The van der Waals surface area contributed by atoms with Crippen LogP contribution in [0, 0.1) is 12.8 Å². The largest absolute Gasteiger partial charge is 0.325 e. The van der Waals surface area contributed by atoms with Gasteiger partial charge in [-0.05, 0) is 62.8 Å². The third kappa shape index (κ3) is 4.93. The van der Waals surface area contributed by atoms with Crippen molar-refractivity contribution in [2.45, 2.75) is 38.6 Å². The Labute approximate surface area is 143 Å². The number of piperidine rings is 1. The van der Waals surface area contributed by atoms with E-state index >= 15 is 0 Å². The third-order valence-corrected chi connectivity index (χ3v) is 5.30. The third-order valence-electron chi connectivity index (χ3n) is 4.89. The van der Waals surface area contributed by atoms with Crippen LogP contribution in [0.15, 0.2) is 18.2 Å². The molecule has 2 aliphatic rings. The van der Waals surface area contributed by atoms with E-state index in [2.05, 4.69) is 15.5 Å². The number of amides is 1. The molecule has 5 heteroatoms. The van der Waals surface area contributed by atoms with Gasteiger partial charge in [0.05, 0.1) is 6.54 Å². The monoisotopic (exact) mass is 335 g/mol.